The monoisotopic (exact) mass is 356 g/mol. The Hall–Kier alpha value is -2.83. The van der Waals surface area contributed by atoms with Crippen LogP contribution in [0, 0.1) is 6.92 Å². The summed E-state index contributed by atoms with van der Waals surface area (Å²) >= 11 is 0. The number of amides is 2. The van der Waals surface area contributed by atoms with Crippen molar-refractivity contribution in [1.29, 1.82) is 0 Å². The number of methoxy groups -OCH3 is 1. The molecule has 1 saturated heterocycles. The first-order valence-electron chi connectivity index (χ1n) is 8.77. The van der Waals surface area contributed by atoms with Gasteiger partial charge in [0.15, 0.2) is 0 Å². The molecule has 2 amide bonds. The Labute approximate surface area is 153 Å². The summed E-state index contributed by atoms with van der Waals surface area (Å²) in [6.07, 6.45) is 1.53. The Kier molecular flexibility index (Phi) is 5.88. The van der Waals surface area contributed by atoms with Crippen molar-refractivity contribution in [3.8, 4) is 11.6 Å². The first-order valence-corrected chi connectivity index (χ1v) is 8.77. The van der Waals surface area contributed by atoms with Gasteiger partial charge >= 0.3 is 6.03 Å². The summed E-state index contributed by atoms with van der Waals surface area (Å²) in [4.78, 5) is 14.1. The Morgan fingerprint density at radius 2 is 2.04 bits per heavy atom. The van der Waals surface area contributed by atoms with E-state index in [9.17, 15) is 4.79 Å². The molecule has 0 bridgehead atoms. The van der Waals surface area contributed by atoms with Gasteiger partial charge in [0.1, 0.15) is 11.9 Å². The molecule has 1 fully saturated rings. The zero-order valence-corrected chi connectivity index (χ0v) is 15.1. The van der Waals surface area contributed by atoms with Gasteiger partial charge in [0.25, 0.3) is 0 Å². The lowest BCUT2D eigenvalue weighted by atomic mass is 10.1. The van der Waals surface area contributed by atoms with E-state index in [2.05, 4.69) is 15.5 Å². The van der Waals surface area contributed by atoms with Crippen LogP contribution in [0.5, 0.6) is 11.6 Å². The molecule has 1 aliphatic heterocycles. The second-order valence-corrected chi connectivity index (χ2v) is 6.32. The average Bonchev–Trinajstić information content (AvgIpc) is 3.13. The Balaban J connectivity index is 1.40. The van der Waals surface area contributed by atoms with E-state index in [0.29, 0.717) is 25.5 Å². The highest BCUT2D eigenvalue weighted by molar-refractivity contribution is 5.74. The van der Waals surface area contributed by atoms with Crippen molar-refractivity contribution in [2.75, 3.05) is 26.7 Å². The van der Waals surface area contributed by atoms with Crippen molar-refractivity contribution >= 4 is 6.03 Å². The number of carbonyl (C=O) groups is 1. The molecule has 7 nitrogen and oxygen atoms in total. The molecule has 0 spiro atoms. The third kappa shape index (κ3) is 4.84. The molecule has 0 aliphatic carbocycles. The van der Waals surface area contributed by atoms with Gasteiger partial charge < -0.3 is 19.7 Å². The van der Waals surface area contributed by atoms with Gasteiger partial charge in [-0.1, -0.05) is 12.1 Å². The molecule has 1 N–H and O–H groups in total. The van der Waals surface area contributed by atoms with Gasteiger partial charge in [-0.15, -0.1) is 5.10 Å². The van der Waals surface area contributed by atoms with Crippen LogP contribution in [0.25, 0.3) is 0 Å². The quantitative estimate of drug-likeness (QED) is 0.859. The minimum Gasteiger partial charge on any atom is -0.497 e. The highest BCUT2D eigenvalue weighted by atomic mass is 16.5. The predicted molar refractivity (Wildman–Crippen MR) is 97.5 cm³/mol. The van der Waals surface area contributed by atoms with Gasteiger partial charge in [-0.2, -0.15) is 5.10 Å². The molecule has 2 heterocycles. The van der Waals surface area contributed by atoms with Crippen molar-refractivity contribution in [2.24, 2.45) is 0 Å². The minimum atomic E-state index is -0.0559. The fourth-order valence-corrected chi connectivity index (χ4v) is 2.85. The normalized spacial score (nSPS) is 16.4. The van der Waals surface area contributed by atoms with Gasteiger partial charge in [-0.3, -0.25) is 0 Å². The van der Waals surface area contributed by atoms with E-state index >= 15 is 0 Å². The molecule has 7 heteroatoms. The topological polar surface area (TPSA) is 76.6 Å². The number of hydrogen-bond acceptors (Lipinski definition) is 5. The molecule has 2 aromatic rings. The van der Waals surface area contributed by atoms with Crippen LogP contribution in [0.4, 0.5) is 4.79 Å². The van der Waals surface area contributed by atoms with Crippen molar-refractivity contribution in [3.63, 3.8) is 0 Å². The molecule has 3 rings (SSSR count). The lowest BCUT2D eigenvalue weighted by molar-refractivity contribution is 0.182. The molecule has 1 unspecified atom stereocenters. The van der Waals surface area contributed by atoms with Crippen LogP contribution in [-0.2, 0) is 6.42 Å². The summed E-state index contributed by atoms with van der Waals surface area (Å²) in [6, 6.07) is 11.5. The van der Waals surface area contributed by atoms with Crippen LogP contribution in [0.3, 0.4) is 0 Å². The summed E-state index contributed by atoms with van der Waals surface area (Å²) < 4.78 is 10.9. The van der Waals surface area contributed by atoms with Crippen LogP contribution in [0.1, 0.15) is 17.7 Å². The number of carbonyl (C=O) groups excluding carboxylic acids is 1. The van der Waals surface area contributed by atoms with Crippen molar-refractivity contribution in [3.05, 3.63) is 47.7 Å². The summed E-state index contributed by atoms with van der Waals surface area (Å²) in [5.41, 5.74) is 2.01. The summed E-state index contributed by atoms with van der Waals surface area (Å²) in [7, 11) is 1.65. The predicted octanol–water partition coefficient (Wildman–Crippen LogP) is 2.20. The minimum absolute atomic E-state index is 0.0423. The zero-order valence-electron chi connectivity index (χ0n) is 15.1. The summed E-state index contributed by atoms with van der Waals surface area (Å²) in [6.45, 7) is 3.71. The van der Waals surface area contributed by atoms with Gasteiger partial charge in [0, 0.05) is 25.6 Å². The number of benzene rings is 1. The number of aromatic nitrogens is 2. The third-order valence-electron chi connectivity index (χ3n) is 4.34. The van der Waals surface area contributed by atoms with Crippen LogP contribution in [0.15, 0.2) is 36.4 Å². The van der Waals surface area contributed by atoms with Crippen LogP contribution in [0.2, 0.25) is 0 Å². The van der Waals surface area contributed by atoms with Crippen molar-refractivity contribution < 1.29 is 14.3 Å². The number of hydrogen-bond donors (Lipinski definition) is 1. The van der Waals surface area contributed by atoms with Gasteiger partial charge in [-0.25, -0.2) is 4.79 Å². The lowest BCUT2D eigenvalue weighted by Crippen LogP contribution is -2.40. The maximum Gasteiger partial charge on any atom is 0.317 e. The molecule has 1 atom stereocenters. The van der Waals surface area contributed by atoms with E-state index in [1.54, 1.807) is 18.1 Å². The molecule has 1 aromatic heterocycles. The lowest BCUT2D eigenvalue weighted by Gasteiger charge is -2.17. The van der Waals surface area contributed by atoms with Crippen molar-refractivity contribution in [2.45, 2.75) is 25.9 Å². The van der Waals surface area contributed by atoms with E-state index in [4.69, 9.17) is 9.47 Å². The molecular weight excluding hydrogens is 332 g/mol. The molecule has 0 radical (unpaired) electrons. The Morgan fingerprint density at radius 3 is 2.73 bits per heavy atom. The second kappa shape index (κ2) is 8.51. The number of aryl methyl sites for hydroxylation is 1. The van der Waals surface area contributed by atoms with Crippen LogP contribution >= 0.6 is 0 Å². The molecule has 26 heavy (non-hydrogen) atoms. The number of rotatable bonds is 6. The van der Waals surface area contributed by atoms with Gasteiger partial charge in [0.05, 0.1) is 19.3 Å². The van der Waals surface area contributed by atoms with E-state index in [1.807, 2.05) is 37.3 Å². The molecule has 138 valence electrons. The molecule has 1 aliphatic rings. The first kappa shape index (κ1) is 18.0. The number of nitrogens with one attached hydrogen (secondary N) is 1. The standard InChI is InChI=1S/C19H24N4O3/c1-14-3-8-18(22-21-14)26-17-10-12-23(13-17)19(24)20-11-9-15-4-6-16(25-2)7-5-15/h3-8,17H,9-13H2,1-2H3,(H,20,24). The fraction of sp³-hybridized carbons (Fsp3) is 0.421. The zero-order chi connectivity index (χ0) is 18.4. The van der Waals surface area contributed by atoms with Crippen LogP contribution in [-0.4, -0.2) is 54.0 Å². The van der Waals surface area contributed by atoms with E-state index in [1.165, 1.54) is 0 Å². The van der Waals surface area contributed by atoms with E-state index in [0.717, 1.165) is 29.8 Å². The number of likely N-dealkylation sites (tertiary alicyclic amines) is 1. The van der Waals surface area contributed by atoms with E-state index in [-0.39, 0.29) is 12.1 Å². The van der Waals surface area contributed by atoms with Crippen molar-refractivity contribution in [1.82, 2.24) is 20.4 Å². The molecule has 1 aromatic carbocycles. The summed E-state index contributed by atoms with van der Waals surface area (Å²) in [5, 5.41) is 11.0. The molecule has 0 saturated carbocycles. The van der Waals surface area contributed by atoms with E-state index < -0.39 is 0 Å². The molecular formula is C19H24N4O3. The SMILES string of the molecule is COc1ccc(CCNC(=O)N2CCC(Oc3ccc(C)nn3)C2)cc1. The highest BCUT2D eigenvalue weighted by Crippen LogP contribution is 2.16. The largest absolute Gasteiger partial charge is 0.497 e. The summed E-state index contributed by atoms with van der Waals surface area (Å²) in [5.74, 6) is 1.33. The fourth-order valence-electron chi connectivity index (χ4n) is 2.85. The average molecular weight is 356 g/mol. The maximum atomic E-state index is 12.3. The maximum absolute atomic E-state index is 12.3. The Morgan fingerprint density at radius 1 is 1.23 bits per heavy atom. The highest BCUT2D eigenvalue weighted by Gasteiger charge is 2.27. The van der Waals surface area contributed by atoms with Gasteiger partial charge in [-0.05, 0) is 37.1 Å². The smallest absolute Gasteiger partial charge is 0.317 e. The van der Waals surface area contributed by atoms with Crippen LogP contribution < -0.4 is 14.8 Å². The number of ether oxygens (including phenoxy) is 2. The second-order valence-electron chi connectivity index (χ2n) is 6.32. The van der Waals surface area contributed by atoms with Gasteiger partial charge in [0.2, 0.25) is 5.88 Å². The first-order chi connectivity index (χ1) is 12.6. The number of urea groups is 1. The Bertz CT molecular complexity index is 719. The number of nitrogens with zero attached hydrogens (tertiary/aromatic N) is 3. The third-order valence-corrected chi connectivity index (χ3v) is 4.34.